The molecule has 1 aromatic carbocycles. The summed E-state index contributed by atoms with van der Waals surface area (Å²) in [5, 5.41) is 0. The number of anilines is 2. The number of nitrogens with zero attached hydrogens (tertiary/aromatic N) is 2. The van der Waals surface area contributed by atoms with E-state index in [-0.39, 0.29) is 5.91 Å². The number of carbonyl (C=O) groups is 1. The zero-order chi connectivity index (χ0) is 15.4. The summed E-state index contributed by atoms with van der Waals surface area (Å²) < 4.78 is 0. The Morgan fingerprint density at radius 3 is 2.77 bits per heavy atom. The number of para-hydroxylation sites is 1. The average Bonchev–Trinajstić information content (AvgIpc) is 2.56. The van der Waals surface area contributed by atoms with Crippen LogP contribution in [0.25, 0.3) is 0 Å². The van der Waals surface area contributed by atoms with Gasteiger partial charge in [-0.3, -0.25) is 9.69 Å². The number of unbranched alkanes of at least 4 members (excludes halogenated alkanes) is 2. The van der Waals surface area contributed by atoms with Crippen molar-refractivity contribution in [2.75, 3.05) is 10.8 Å². The number of carbonyl (C=O) groups excluding carboxylic acids is 1. The molecule has 0 spiro atoms. The monoisotopic (exact) mass is 332 g/mol. The highest BCUT2D eigenvalue weighted by molar-refractivity contribution is 7.99. The molecule has 114 valence electrons. The Hall–Kier alpha value is -1.52. The van der Waals surface area contributed by atoms with Gasteiger partial charge in [-0.2, -0.15) is 0 Å². The number of benzene rings is 1. The van der Waals surface area contributed by atoms with Crippen molar-refractivity contribution in [2.24, 2.45) is 0 Å². The molecular weight excluding hydrogens is 316 g/mol. The molecule has 0 atom stereocenters. The number of halogens is 1. The third kappa shape index (κ3) is 3.13. The molecule has 0 saturated heterocycles. The average molecular weight is 333 g/mol. The third-order valence-corrected chi connectivity index (χ3v) is 4.93. The molecule has 3 rings (SSSR count). The predicted octanol–water partition coefficient (Wildman–Crippen LogP) is 5.01. The van der Waals surface area contributed by atoms with Crippen molar-refractivity contribution in [3.05, 3.63) is 42.6 Å². The van der Waals surface area contributed by atoms with E-state index in [1.807, 2.05) is 36.4 Å². The van der Waals surface area contributed by atoms with Crippen LogP contribution < -0.4 is 4.90 Å². The summed E-state index contributed by atoms with van der Waals surface area (Å²) in [5.74, 6) is 1.50. The fourth-order valence-electron chi connectivity index (χ4n) is 2.50. The van der Waals surface area contributed by atoms with Gasteiger partial charge in [-0.1, -0.05) is 30.3 Å². The molecule has 1 aromatic heterocycles. The number of hydrogen-bond donors (Lipinski definition) is 0. The van der Waals surface area contributed by atoms with Gasteiger partial charge in [0, 0.05) is 23.4 Å². The Morgan fingerprint density at radius 2 is 1.91 bits per heavy atom. The zero-order valence-corrected chi connectivity index (χ0v) is 13.7. The van der Waals surface area contributed by atoms with Gasteiger partial charge in [-0.05, 0) is 37.1 Å². The number of rotatable bonds is 5. The van der Waals surface area contributed by atoms with Crippen LogP contribution in [-0.4, -0.2) is 16.8 Å². The lowest BCUT2D eigenvalue weighted by Crippen LogP contribution is -2.29. The highest BCUT2D eigenvalue weighted by atomic mass is 35.5. The SMILES string of the molecule is O=C(CCCCCCl)N1c2ccccc2Sc2cccnc21. The molecule has 3 nitrogen and oxygen atoms in total. The van der Waals surface area contributed by atoms with Gasteiger partial charge >= 0.3 is 0 Å². The second-order valence-corrected chi connectivity index (χ2v) is 6.59. The van der Waals surface area contributed by atoms with E-state index in [1.165, 1.54) is 0 Å². The van der Waals surface area contributed by atoms with Crippen LogP contribution in [0.2, 0.25) is 0 Å². The van der Waals surface area contributed by atoms with Gasteiger partial charge < -0.3 is 0 Å². The molecule has 1 aliphatic heterocycles. The van der Waals surface area contributed by atoms with Crippen LogP contribution in [0.15, 0.2) is 52.4 Å². The van der Waals surface area contributed by atoms with Crippen molar-refractivity contribution in [1.82, 2.24) is 4.98 Å². The minimum Gasteiger partial charge on any atom is -0.274 e. The van der Waals surface area contributed by atoms with E-state index in [0.29, 0.717) is 12.3 Å². The van der Waals surface area contributed by atoms with E-state index >= 15 is 0 Å². The first kappa shape index (κ1) is 15.4. The molecule has 0 saturated carbocycles. The lowest BCUT2D eigenvalue weighted by molar-refractivity contribution is -0.118. The fourth-order valence-corrected chi connectivity index (χ4v) is 3.72. The molecule has 22 heavy (non-hydrogen) atoms. The zero-order valence-electron chi connectivity index (χ0n) is 12.2. The quantitative estimate of drug-likeness (QED) is 0.570. The topological polar surface area (TPSA) is 33.2 Å². The summed E-state index contributed by atoms with van der Waals surface area (Å²) in [6.45, 7) is 0. The fraction of sp³-hybridized carbons (Fsp3) is 0.294. The molecule has 1 amide bonds. The number of fused-ring (bicyclic) bond motifs is 2. The Balaban J connectivity index is 1.88. The van der Waals surface area contributed by atoms with Gasteiger partial charge in [0.25, 0.3) is 0 Å². The smallest absolute Gasteiger partial charge is 0.232 e. The maximum atomic E-state index is 12.7. The molecule has 1 aliphatic rings. The van der Waals surface area contributed by atoms with E-state index in [2.05, 4.69) is 4.98 Å². The predicted molar refractivity (Wildman–Crippen MR) is 91.1 cm³/mol. The lowest BCUT2D eigenvalue weighted by Gasteiger charge is -2.29. The van der Waals surface area contributed by atoms with Gasteiger partial charge in [-0.25, -0.2) is 4.98 Å². The van der Waals surface area contributed by atoms with Gasteiger partial charge in [0.1, 0.15) is 0 Å². The summed E-state index contributed by atoms with van der Waals surface area (Å²) in [6, 6.07) is 11.9. The van der Waals surface area contributed by atoms with Gasteiger partial charge in [0.2, 0.25) is 5.91 Å². The van der Waals surface area contributed by atoms with Crippen LogP contribution in [0.3, 0.4) is 0 Å². The van der Waals surface area contributed by atoms with Crippen molar-refractivity contribution in [3.8, 4) is 0 Å². The van der Waals surface area contributed by atoms with Crippen molar-refractivity contribution < 1.29 is 4.79 Å². The Labute approximate surface area is 139 Å². The molecule has 0 aliphatic carbocycles. The molecule has 5 heteroatoms. The van der Waals surface area contributed by atoms with Gasteiger partial charge in [-0.15, -0.1) is 11.6 Å². The second kappa shape index (κ2) is 7.16. The molecule has 2 aromatic rings. The molecule has 0 radical (unpaired) electrons. The summed E-state index contributed by atoms with van der Waals surface area (Å²) in [6.07, 6.45) is 5.05. The van der Waals surface area contributed by atoms with E-state index in [4.69, 9.17) is 11.6 Å². The maximum absolute atomic E-state index is 12.7. The summed E-state index contributed by atoms with van der Waals surface area (Å²) in [5.41, 5.74) is 0.932. The van der Waals surface area contributed by atoms with Crippen LogP contribution in [0.4, 0.5) is 11.5 Å². The van der Waals surface area contributed by atoms with Crippen LogP contribution in [0.1, 0.15) is 25.7 Å². The maximum Gasteiger partial charge on any atom is 0.232 e. The summed E-state index contributed by atoms with van der Waals surface area (Å²) in [4.78, 5) is 21.0. The molecule has 0 unspecified atom stereocenters. The first-order chi connectivity index (χ1) is 10.8. The Bertz CT molecular complexity index is 632. The normalized spacial score (nSPS) is 12.7. The van der Waals surface area contributed by atoms with Crippen LogP contribution in [0.5, 0.6) is 0 Å². The molecule has 0 N–H and O–H groups in total. The van der Waals surface area contributed by atoms with E-state index < -0.39 is 0 Å². The molecular formula is C17H17ClN2OS. The first-order valence-electron chi connectivity index (χ1n) is 7.42. The first-order valence-corrected chi connectivity index (χ1v) is 8.77. The van der Waals surface area contributed by atoms with Gasteiger partial charge in [0.15, 0.2) is 5.82 Å². The van der Waals surface area contributed by atoms with E-state index in [0.717, 1.165) is 40.6 Å². The minimum absolute atomic E-state index is 0.0993. The molecule has 0 bridgehead atoms. The van der Waals surface area contributed by atoms with Crippen molar-refractivity contribution in [1.29, 1.82) is 0 Å². The Morgan fingerprint density at radius 1 is 1.09 bits per heavy atom. The van der Waals surface area contributed by atoms with Crippen LogP contribution >= 0.6 is 23.4 Å². The lowest BCUT2D eigenvalue weighted by atomic mass is 10.1. The molecule has 2 heterocycles. The number of amides is 1. The standard InChI is InChI=1S/C17H17ClN2OS/c18-11-5-1-2-10-16(21)20-13-7-3-4-8-14(13)22-15-9-6-12-19-17(15)20/h3-4,6-9,12H,1-2,5,10-11H2. The van der Waals surface area contributed by atoms with Crippen molar-refractivity contribution in [3.63, 3.8) is 0 Å². The van der Waals surface area contributed by atoms with Gasteiger partial charge in [0.05, 0.1) is 10.6 Å². The van der Waals surface area contributed by atoms with Crippen LogP contribution in [0, 0.1) is 0 Å². The number of aromatic nitrogens is 1. The summed E-state index contributed by atoms with van der Waals surface area (Å²) in [7, 11) is 0. The number of alkyl halides is 1. The highest BCUT2D eigenvalue weighted by Crippen LogP contribution is 2.47. The largest absolute Gasteiger partial charge is 0.274 e. The number of pyridine rings is 1. The number of hydrogen-bond acceptors (Lipinski definition) is 3. The van der Waals surface area contributed by atoms with Crippen LogP contribution in [-0.2, 0) is 4.79 Å². The minimum atomic E-state index is 0.0993. The third-order valence-electron chi connectivity index (χ3n) is 3.56. The molecule has 0 fully saturated rings. The van der Waals surface area contributed by atoms with Crippen molar-refractivity contribution >= 4 is 40.8 Å². The van der Waals surface area contributed by atoms with E-state index in [9.17, 15) is 4.79 Å². The highest BCUT2D eigenvalue weighted by Gasteiger charge is 2.28. The second-order valence-electron chi connectivity index (χ2n) is 5.12. The van der Waals surface area contributed by atoms with Crippen molar-refractivity contribution in [2.45, 2.75) is 35.5 Å². The van der Waals surface area contributed by atoms with E-state index in [1.54, 1.807) is 22.9 Å². The Kier molecular flexibility index (Phi) is 5.01. The summed E-state index contributed by atoms with van der Waals surface area (Å²) >= 11 is 7.35.